The predicted molar refractivity (Wildman–Crippen MR) is 102 cm³/mol. The standard InChI is InChI=1S/C19H40N2O4/c1-4-5-6-7-8-9-10-11-12-21(19(23)20(2)3)13-15-24-17-18-25-16-14-22/h22H,4-18H2,1-3H3. The van der Waals surface area contributed by atoms with Crippen molar-refractivity contribution in [2.24, 2.45) is 0 Å². The van der Waals surface area contributed by atoms with Crippen molar-refractivity contribution < 1.29 is 19.4 Å². The monoisotopic (exact) mass is 360 g/mol. The van der Waals surface area contributed by atoms with Crippen molar-refractivity contribution in [3.05, 3.63) is 0 Å². The van der Waals surface area contributed by atoms with Gasteiger partial charge in [-0.05, 0) is 6.42 Å². The Morgan fingerprint density at radius 3 is 1.92 bits per heavy atom. The molecule has 0 rings (SSSR count). The van der Waals surface area contributed by atoms with Crippen LogP contribution in [0.4, 0.5) is 4.79 Å². The average Bonchev–Trinajstić information content (AvgIpc) is 2.60. The number of hydrogen-bond donors (Lipinski definition) is 1. The largest absolute Gasteiger partial charge is 0.394 e. The lowest BCUT2D eigenvalue weighted by molar-refractivity contribution is 0.0279. The van der Waals surface area contributed by atoms with Crippen molar-refractivity contribution in [1.29, 1.82) is 0 Å². The Morgan fingerprint density at radius 2 is 1.36 bits per heavy atom. The first-order valence-corrected chi connectivity index (χ1v) is 9.86. The molecule has 25 heavy (non-hydrogen) atoms. The van der Waals surface area contributed by atoms with E-state index in [9.17, 15) is 4.79 Å². The van der Waals surface area contributed by atoms with E-state index in [0.717, 1.165) is 13.0 Å². The highest BCUT2D eigenvalue weighted by Crippen LogP contribution is 2.09. The van der Waals surface area contributed by atoms with Crippen LogP contribution in [0.3, 0.4) is 0 Å². The van der Waals surface area contributed by atoms with Crippen molar-refractivity contribution in [3.63, 3.8) is 0 Å². The van der Waals surface area contributed by atoms with E-state index in [1.165, 1.54) is 44.9 Å². The smallest absolute Gasteiger partial charge is 0.319 e. The van der Waals surface area contributed by atoms with E-state index in [1.54, 1.807) is 19.0 Å². The zero-order valence-electron chi connectivity index (χ0n) is 16.7. The molecule has 0 aliphatic heterocycles. The van der Waals surface area contributed by atoms with E-state index in [4.69, 9.17) is 14.6 Å². The second kappa shape index (κ2) is 18.0. The maximum absolute atomic E-state index is 12.2. The normalized spacial score (nSPS) is 10.9. The number of carbonyl (C=O) groups excluding carboxylic acids is 1. The Balaban J connectivity index is 3.82. The van der Waals surface area contributed by atoms with Crippen LogP contribution in [0.25, 0.3) is 0 Å². The maximum Gasteiger partial charge on any atom is 0.319 e. The number of ether oxygens (including phenoxy) is 2. The Bertz CT molecular complexity index is 301. The summed E-state index contributed by atoms with van der Waals surface area (Å²) < 4.78 is 10.6. The molecule has 150 valence electrons. The molecule has 0 saturated carbocycles. The minimum Gasteiger partial charge on any atom is -0.394 e. The molecule has 0 aromatic rings. The molecule has 0 unspecified atom stereocenters. The molecule has 0 aliphatic carbocycles. The highest BCUT2D eigenvalue weighted by atomic mass is 16.5. The van der Waals surface area contributed by atoms with Crippen LogP contribution in [-0.2, 0) is 9.47 Å². The molecule has 0 fully saturated rings. The number of urea groups is 1. The minimum atomic E-state index is 0.0315. The van der Waals surface area contributed by atoms with Crippen LogP contribution >= 0.6 is 0 Å². The van der Waals surface area contributed by atoms with Crippen molar-refractivity contribution in [3.8, 4) is 0 Å². The zero-order chi connectivity index (χ0) is 18.8. The van der Waals surface area contributed by atoms with Gasteiger partial charge in [0.1, 0.15) is 0 Å². The van der Waals surface area contributed by atoms with Crippen molar-refractivity contribution in [2.45, 2.75) is 58.3 Å². The Hall–Kier alpha value is -0.850. The lowest BCUT2D eigenvalue weighted by atomic mass is 10.1. The van der Waals surface area contributed by atoms with Crippen LogP contribution in [0, 0.1) is 0 Å². The van der Waals surface area contributed by atoms with Gasteiger partial charge in [-0.2, -0.15) is 0 Å². The lowest BCUT2D eigenvalue weighted by Gasteiger charge is -2.26. The summed E-state index contributed by atoms with van der Waals surface area (Å²) in [6, 6.07) is 0.0445. The quantitative estimate of drug-likeness (QED) is 0.405. The topological polar surface area (TPSA) is 62.2 Å². The van der Waals surface area contributed by atoms with Crippen molar-refractivity contribution in [1.82, 2.24) is 9.80 Å². The summed E-state index contributed by atoms with van der Waals surface area (Å²) in [5, 5.41) is 8.61. The maximum atomic E-state index is 12.2. The van der Waals surface area contributed by atoms with E-state index in [1.807, 2.05) is 4.90 Å². The van der Waals surface area contributed by atoms with Gasteiger partial charge in [-0.1, -0.05) is 51.9 Å². The van der Waals surface area contributed by atoms with Crippen LogP contribution in [0.5, 0.6) is 0 Å². The third-order valence-electron chi connectivity index (χ3n) is 4.05. The third kappa shape index (κ3) is 15.1. The average molecular weight is 361 g/mol. The van der Waals surface area contributed by atoms with Crippen LogP contribution in [-0.4, -0.2) is 81.2 Å². The number of hydrogen-bond acceptors (Lipinski definition) is 4. The minimum absolute atomic E-state index is 0.0315. The highest BCUT2D eigenvalue weighted by Gasteiger charge is 2.14. The fraction of sp³-hybridized carbons (Fsp3) is 0.947. The van der Waals surface area contributed by atoms with E-state index >= 15 is 0 Å². The van der Waals surface area contributed by atoms with Gasteiger partial charge in [0.2, 0.25) is 0 Å². The summed E-state index contributed by atoms with van der Waals surface area (Å²) in [7, 11) is 3.57. The van der Waals surface area contributed by atoms with E-state index in [2.05, 4.69) is 6.92 Å². The first-order valence-electron chi connectivity index (χ1n) is 9.86. The molecule has 0 bridgehead atoms. The van der Waals surface area contributed by atoms with E-state index in [-0.39, 0.29) is 12.6 Å². The molecule has 0 saturated heterocycles. The Labute approximate surface area is 154 Å². The number of carbonyl (C=O) groups is 1. The highest BCUT2D eigenvalue weighted by molar-refractivity contribution is 5.73. The van der Waals surface area contributed by atoms with Gasteiger partial charge in [0.05, 0.1) is 33.0 Å². The Morgan fingerprint density at radius 1 is 0.800 bits per heavy atom. The zero-order valence-corrected chi connectivity index (χ0v) is 16.7. The summed E-state index contributed by atoms with van der Waals surface area (Å²) >= 11 is 0. The molecule has 2 amide bonds. The summed E-state index contributed by atoms with van der Waals surface area (Å²) in [6.07, 6.45) is 10.1. The van der Waals surface area contributed by atoms with Crippen molar-refractivity contribution in [2.75, 3.05) is 60.2 Å². The summed E-state index contributed by atoms with van der Waals surface area (Å²) in [5.74, 6) is 0. The second-order valence-corrected chi connectivity index (χ2v) is 6.59. The van der Waals surface area contributed by atoms with Gasteiger partial charge in [-0.3, -0.25) is 0 Å². The summed E-state index contributed by atoms with van der Waals surface area (Å²) in [6.45, 7) is 5.48. The number of aliphatic hydroxyl groups excluding tert-OH is 1. The number of nitrogens with zero attached hydrogens (tertiary/aromatic N) is 2. The molecule has 6 nitrogen and oxygen atoms in total. The molecule has 6 heteroatoms. The summed E-state index contributed by atoms with van der Waals surface area (Å²) in [5.41, 5.74) is 0. The first-order chi connectivity index (χ1) is 12.1. The fourth-order valence-electron chi connectivity index (χ4n) is 2.58. The lowest BCUT2D eigenvalue weighted by Crippen LogP contribution is -2.41. The molecule has 0 aromatic heterocycles. The molecule has 0 aliphatic rings. The number of rotatable bonds is 17. The van der Waals surface area contributed by atoms with E-state index < -0.39 is 0 Å². The van der Waals surface area contributed by atoms with Gasteiger partial charge in [0, 0.05) is 27.2 Å². The SMILES string of the molecule is CCCCCCCCCCN(CCOCCOCCO)C(=O)N(C)C. The third-order valence-corrected chi connectivity index (χ3v) is 4.05. The number of aliphatic hydroxyl groups is 1. The van der Waals surface area contributed by atoms with Crippen LogP contribution in [0.1, 0.15) is 58.3 Å². The van der Waals surface area contributed by atoms with Crippen molar-refractivity contribution >= 4 is 6.03 Å². The van der Waals surface area contributed by atoms with Gasteiger partial charge >= 0.3 is 6.03 Å². The molecule has 0 aromatic carbocycles. The van der Waals surface area contributed by atoms with Crippen LogP contribution < -0.4 is 0 Å². The molecular weight excluding hydrogens is 320 g/mol. The number of amides is 2. The second-order valence-electron chi connectivity index (χ2n) is 6.59. The molecule has 0 heterocycles. The van der Waals surface area contributed by atoms with Crippen LogP contribution in [0.2, 0.25) is 0 Å². The summed E-state index contributed by atoms with van der Waals surface area (Å²) in [4.78, 5) is 15.7. The van der Waals surface area contributed by atoms with E-state index in [0.29, 0.717) is 33.0 Å². The van der Waals surface area contributed by atoms with Gasteiger partial charge in [0.25, 0.3) is 0 Å². The molecule has 0 spiro atoms. The van der Waals surface area contributed by atoms with Crippen LogP contribution in [0.15, 0.2) is 0 Å². The number of unbranched alkanes of at least 4 members (excludes halogenated alkanes) is 7. The molecule has 1 N–H and O–H groups in total. The molecular formula is C19H40N2O4. The fourth-order valence-corrected chi connectivity index (χ4v) is 2.58. The predicted octanol–water partition coefficient (Wildman–Crippen LogP) is 3.14. The van der Waals surface area contributed by atoms with Gasteiger partial charge < -0.3 is 24.4 Å². The van der Waals surface area contributed by atoms with Gasteiger partial charge in [-0.15, -0.1) is 0 Å². The Kier molecular flexibility index (Phi) is 17.3. The molecule has 0 radical (unpaired) electrons. The first kappa shape index (κ1) is 24.1. The molecule has 0 atom stereocenters. The van der Waals surface area contributed by atoms with Gasteiger partial charge in [0.15, 0.2) is 0 Å². The van der Waals surface area contributed by atoms with Gasteiger partial charge in [-0.25, -0.2) is 4.79 Å².